The van der Waals surface area contributed by atoms with E-state index in [0.717, 1.165) is 16.0 Å². The van der Waals surface area contributed by atoms with Crippen LogP contribution in [0.25, 0.3) is 0 Å². The van der Waals surface area contributed by atoms with Crippen LogP contribution in [0.2, 0.25) is 0 Å². The molecule has 1 aliphatic rings. The number of carbonyl (C=O) groups is 2. The molecule has 0 atom stereocenters. The molecule has 1 aromatic heterocycles. The Kier molecular flexibility index (Phi) is 3.48. The van der Waals surface area contributed by atoms with Crippen LogP contribution in [-0.4, -0.2) is 17.0 Å². The number of ether oxygens (including phenoxy) is 1. The summed E-state index contributed by atoms with van der Waals surface area (Å²) in [5.41, 5.74) is 2.71. The number of carboxylic acid groups (broad SMARTS) is 1. The lowest BCUT2D eigenvalue weighted by atomic mass is 10.1. The van der Waals surface area contributed by atoms with Gasteiger partial charge >= 0.3 is 5.97 Å². The van der Waals surface area contributed by atoms with E-state index in [1.54, 1.807) is 25.1 Å². The highest BCUT2D eigenvalue weighted by atomic mass is 32.1. The molecule has 0 saturated heterocycles. The predicted octanol–water partition coefficient (Wildman–Crippen LogP) is 3.04. The van der Waals surface area contributed by atoms with Gasteiger partial charge in [-0.1, -0.05) is 6.07 Å². The van der Waals surface area contributed by atoms with Crippen molar-refractivity contribution in [3.8, 4) is 0 Å². The molecule has 2 heterocycles. The molecule has 2 aromatic rings. The zero-order valence-corrected chi connectivity index (χ0v) is 12.1. The third-order valence-corrected chi connectivity index (χ3v) is 4.26. The lowest BCUT2D eigenvalue weighted by Gasteiger charge is -2.06. The number of anilines is 1. The highest BCUT2D eigenvalue weighted by Crippen LogP contribution is 2.28. The third kappa shape index (κ3) is 2.68. The molecule has 0 aliphatic carbocycles. The molecular weight excluding hydrogens is 290 g/mol. The molecule has 2 N–H and O–H groups in total. The Morgan fingerprint density at radius 2 is 2.00 bits per heavy atom. The van der Waals surface area contributed by atoms with Gasteiger partial charge in [-0.05, 0) is 36.2 Å². The molecule has 0 unspecified atom stereocenters. The van der Waals surface area contributed by atoms with E-state index >= 15 is 0 Å². The number of benzene rings is 1. The smallest absolute Gasteiger partial charge is 0.338 e. The minimum absolute atomic E-state index is 0.121. The molecule has 0 radical (unpaired) electrons. The summed E-state index contributed by atoms with van der Waals surface area (Å²) in [6, 6.07) is 6.94. The van der Waals surface area contributed by atoms with Crippen molar-refractivity contribution in [3.63, 3.8) is 0 Å². The quantitative estimate of drug-likeness (QED) is 0.914. The monoisotopic (exact) mass is 303 g/mol. The highest BCUT2D eigenvalue weighted by Gasteiger charge is 2.18. The van der Waals surface area contributed by atoms with Gasteiger partial charge in [0.25, 0.3) is 5.91 Å². The summed E-state index contributed by atoms with van der Waals surface area (Å²) < 4.78 is 5.31. The molecule has 1 aromatic carbocycles. The summed E-state index contributed by atoms with van der Waals surface area (Å²) >= 11 is 1.25. The Labute approximate surface area is 125 Å². The van der Waals surface area contributed by atoms with Gasteiger partial charge in [0.05, 0.1) is 18.8 Å². The minimum Gasteiger partial charge on any atom is -0.478 e. The number of aromatic carboxylic acids is 1. The second-order valence-electron chi connectivity index (χ2n) is 4.84. The Hall–Kier alpha value is -2.18. The molecule has 0 bridgehead atoms. The van der Waals surface area contributed by atoms with E-state index in [1.165, 1.54) is 11.3 Å². The molecular formula is C15H13NO4S. The number of hydrogen-bond donors (Lipinski definition) is 2. The van der Waals surface area contributed by atoms with Crippen LogP contribution in [0.5, 0.6) is 0 Å². The Bertz CT molecular complexity index is 735. The molecule has 6 heteroatoms. The van der Waals surface area contributed by atoms with E-state index in [4.69, 9.17) is 9.84 Å². The maximum Gasteiger partial charge on any atom is 0.338 e. The van der Waals surface area contributed by atoms with Crippen molar-refractivity contribution in [3.05, 3.63) is 51.4 Å². The van der Waals surface area contributed by atoms with E-state index in [2.05, 4.69) is 5.32 Å². The van der Waals surface area contributed by atoms with E-state index in [-0.39, 0.29) is 11.5 Å². The number of rotatable bonds is 3. The van der Waals surface area contributed by atoms with Gasteiger partial charge in [0.15, 0.2) is 0 Å². The second kappa shape index (κ2) is 5.31. The van der Waals surface area contributed by atoms with Gasteiger partial charge < -0.3 is 15.2 Å². The van der Waals surface area contributed by atoms with Crippen molar-refractivity contribution >= 4 is 28.2 Å². The van der Waals surface area contributed by atoms with Crippen LogP contribution in [0.1, 0.15) is 36.7 Å². The fraction of sp³-hybridized carbons (Fsp3) is 0.200. The summed E-state index contributed by atoms with van der Waals surface area (Å²) in [6.45, 7) is 2.89. The van der Waals surface area contributed by atoms with Crippen LogP contribution in [0.4, 0.5) is 5.00 Å². The molecule has 1 aliphatic heterocycles. The fourth-order valence-corrected chi connectivity index (χ4v) is 3.15. The lowest BCUT2D eigenvalue weighted by Crippen LogP contribution is -2.13. The molecule has 108 valence electrons. The van der Waals surface area contributed by atoms with Crippen molar-refractivity contribution in [2.75, 3.05) is 5.32 Å². The number of carbonyl (C=O) groups excluding carboxylic acids is 1. The molecule has 0 saturated carbocycles. The molecule has 21 heavy (non-hydrogen) atoms. The zero-order chi connectivity index (χ0) is 15.0. The number of aryl methyl sites for hydroxylation is 1. The molecule has 3 rings (SSSR count). The number of amides is 1. The van der Waals surface area contributed by atoms with Gasteiger partial charge in [-0.3, -0.25) is 4.79 Å². The van der Waals surface area contributed by atoms with Crippen molar-refractivity contribution in [1.29, 1.82) is 0 Å². The number of hydrogen-bond acceptors (Lipinski definition) is 4. The molecule has 1 amide bonds. The average molecular weight is 303 g/mol. The summed E-state index contributed by atoms with van der Waals surface area (Å²) in [5, 5.41) is 12.2. The van der Waals surface area contributed by atoms with Gasteiger partial charge in [-0.25, -0.2) is 4.79 Å². The van der Waals surface area contributed by atoms with Crippen LogP contribution < -0.4 is 5.32 Å². The summed E-state index contributed by atoms with van der Waals surface area (Å²) in [5.74, 6) is -1.36. The molecule has 5 nitrogen and oxygen atoms in total. The Morgan fingerprint density at radius 1 is 1.24 bits per heavy atom. The van der Waals surface area contributed by atoms with E-state index in [1.807, 2.05) is 6.07 Å². The van der Waals surface area contributed by atoms with Crippen molar-refractivity contribution in [1.82, 2.24) is 0 Å². The average Bonchev–Trinajstić information content (AvgIpc) is 3.04. The van der Waals surface area contributed by atoms with Crippen LogP contribution >= 0.6 is 11.3 Å². The molecule has 0 fully saturated rings. The largest absolute Gasteiger partial charge is 0.478 e. The second-order valence-corrected chi connectivity index (χ2v) is 6.09. The van der Waals surface area contributed by atoms with Gasteiger partial charge in [0, 0.05) is 10.4 Å². The highest BCUT2D eigenvalue weighted by molar-refractivity contribution is 7.16. The van der Waals surface area contributed by atoms with Gasteiger partial charge in [0.2, 0.25) is 0 Å². The number of fused-ring (bicyclic) bond motifs is 1. The van der Waals surface area contributed by atoms with Crippen molar-refractivity contribution in [2.45, 2.75) is 20.1 Å². The predicted molar refractivity (Wildman–Crippen MR) is 78.9 cm³/mol. The van der Waals surface area contributed by atoms with E-state index < -0.39 is 5.97 Å². The summed E-state index contributed by atoms with van der Waals surface area (Å²) in [4.78, 5) is 24.2. The normalized spacial score (nSPS) is 13.0. The fourth-order valence-electron chi connectivity index (χ4n) is 2.25. The number of thiophene rings is 1. The summed E-state index contributed by atoms with van der Waals surface area (Å²) in [7, 11) is 0. The first-order valence-electron chi connectivity index (χ1n) is 6.39. The SMILES string of the molecule is Cc1cc(C(=O)O)c(NC(=O)c2ccc3c(c2)COC3)s1. The number of carboxylic acids is 1. The first-order chi connectivity index (χ1) is 10.0. The third-order valence-electron chi connectivity index (χ3n) is 3.30. The van der Waals surface area contributed by atoms with Gasteiger partial charge in [-0.15, -0.1) is 11.3 Å². The van der Waals surface area contributed by atoms with Gasteiger partial charge in [-0.2, -0.15) is 0 Å². The van der Waals surface area contributed by atoms with E-state index in [9.17, 15) is 9.59 Å². The van der Waals surface area contributed by atoms with Gasteiger partial charge in [0.1, 0.15) is 5.00 Å². The Morgan fingerprint density at radius 3 is 2.76 bits per heavy atom. The van der Waals surface area contributed by atoms with Crippen LogP contribution in [0.15, 0.2) is 24.3 Å². The minimum atomic E-state index is -1.04. The van der Waals surface area contributed by atoms with Crippen LogP contribution in [-0.2, 0) is 18.0 Å². The first-order valence-corrected chi connectivity index (χ1v) is 7.21. The van der Waals surface area contributed by atoms with Crippen molar-refractivity contribution < 1.29 is 19.4 Å². The number of nitrogens with one attached hydrogen (secondary N) is 1. The van der Waals surface area contributed by atoms with Crippen molar-refractivity contribution in [2.24, 2.45) is 0 Å². The first kappa shape index (κ1) is 13.8. The molecule has 0 spiro atoms. The van der Waals surface area contributed by atoms with Crippen LogP contribution in [0.3, 0.4) is 0 Å². The standard InChI is InChI=1S/C15H13NO4S/c1-8-4-12(15(18)19)14(21-8)16-13(17)9-2-3-10-6-20-7-11(10)5-9/h2-5H,6-7H2,1H3,(H,16,17)(H,18,19). The maximum atomic E-state index is 12.3. The lowest BCUT2D eigenvalue weighted by molar-refractivity contribution is 0.0698. The zero-order valence-electron chi connectivity index (χ0n) is 11.3. The summed E-state index contributed by atoms with van der Waals surface area (Å²) in [6.07, 6.45) is 0. The van der Waals surface area contributed by atoms with E-state index in [0.29, 0.717) is 23.8 Å². The maximum absolute atomic E-state index is 12.3. The Balaban J connectivity index is 1.85. The topological polar surface area (TPSA) is 75.6 Å². The van der Waals surface area contributed by atoms with Crippen LogP contribution in [0, 0.1) is 6.92 Å².